The van der Waals surface area contributed by atoms with Crippen molar-refractivity contribution in [3.8, 4) is 0 Å². The first-order valence-corrected chi connectivity index (χ1v) is 7.38. The molecule has 0 spiro atoms. The van der Waals surface area contributed by atoms with E-state index < -0.39 is 20.2 Å². The summed E-state index contributed by atoms with van der Waals surface area (Å²) in [4.78, 5) is -0.329. The van der Waals surface area contributed by atoms with Crippen LogP contribution in [-0.4, -0.2) is 25.9 Å². The van der Waals surface area contributed by atoms with Crippen LogP contribution in [0.4, 0.5) is 0 Å². The molecule has 0 aliphatic heterocycles. The molecule has 0 aromatic heterocycles. The summed E-state index contributed by atoms with van der Waals surface area (Å²) in [6, 6.07) is 11.1. The van der Waals surface area contributed by atoms with E-state index in [1.54, 1.807) is 0 Å². The van der Waals surface area contributed by atoms with Crippen molar-refractivity contribution in [2.24, 2.45) is 0 Å². The summed E-state index contributed by atoms with van der Waals surface area (Å²) in [6.07, 6.45) is 0. The molecule has 0 N–H and O–H groups in total. The van der Waals surface area contributed by atoms with Crippen molar-refractivity contribution >= 4 is 20.2 Å². The predicted molar refractivity (Wildman–Crippen MR) is 60.0 cm³/mol. The van der Waals surface area contributed by atoms with Crippen LogP contribution in [0.15, 0.2) is 58.3 Å². The molecule has 0 saturated carbocycles. The van der Waals surface area contributed by atoms with E-state index in [9.17, 15) is 25.9 Å². The van der Waals surface area contributed by atoms with Gasteiger partial charge in [0, 0.05) is 0 Å². The van der Waals surface area contributed by atoms with E-state index >= 15 is 0 Å². The van der Waals surface area contributed by atoms with Crippen LogP contribution >= 0.6 is 0 Å². The van der Waals surface area contributed by atoms with Crippen LogP contribution in [0.25, 0.3) is 0 Å². The van der Waals surface area contributed by atoms with Gasteiger partial charge in [-0.25, -0.2) is 24.3 Å². The van der Waals surface area contributed by atoms with Gasteiger partial charge in [-0.05, 0) is 0 Å². The standard InChI is InChI=1S/2C5H5O3S.Cd.Fe/c2*6-9(7,8)5-3-1-2-4-5;;/h2*1-4H,(H,6,7,8);;/q2*-1;2*+2/p-2. The minimum Gasteiger partial charge on any atom is -0.754 e. The summed E-state index contributed by atoms with van der Waals surface area (Å²) < 4.78 is 60.8. The second-order valence-corrected chi connectivity index (χ2v) is 5.91. The molecule has 10 heteroatoms. The predicted octanol–water partition coefficient (Wildman–Crippen LogP) is 0.614. The van der Waals surface area contributed by atoms with Crippen LogP contribution in [0, 0.1) is 0 Å². The smallest absolute Gasteiger partial charge is 0.754 e. The van der Waals surface area contributed by atoms with Crippen LogP contribution < -0.4 is 0 Å². The molecular formula is C10H8CdFeO6S2. The zero-order valence-electron chi connectivity index (χ0n) is 9.95. The molecular weight excluding hydrogens is 448 g/mol. The van der Waals surface area contributed by atoms with Crippen molar-refractivity contribution in [2.75, 3.05) is 0 Å². The van der Waals surface area contributed by atoms with Crippen LogP contribution in [0.5, 0.6) is 0 Å². The summed E-state index contributed by atoms with van der Waals surface area (Å²) >= 11 is 0. The third-order valence-electron chi connectivity index (χ3n) is 1.84. The summed E-state index contributed by atoms with van der Waals surface area (Å²) in [5.41, 5.74) is 0. The molecule has 0 unspecified atom stereocenters. The first-order chi connectivity index (χ1) is 8.21. The Hall–Kier alpha value is -0.0384. The first-order valence-electron chi connectivity index (χ1n) is 4.56. The quantitative estimate of drug-likeness (QED) is 0.372. The van der Waals surface area contributed by atoms with E-state index in [1.807, 2.05) is 0 Å². The molecule has 106 valence electrons. The fraction of sp³-hybridized carbons (Fsp3) is 0. The molecule has 2 aromatic carbocycles. The van der Waals surface area contributed by atoms with Gasteiger partial charge in [0.2, 0.25) is 0 Å². The van der Waals surface area contributed by atoms with Crippen LogP contribution in [0.1, 0.15) is 0 Å². The number of rotatable bonds is 2. The van der Waals surface area contributed by atoms with Crippen molar-refractivity contribution in [3.63, 3.8) is 0 Å². The maximum atomic E-state index is 10.1. The van der Waals surface area contributed by atoms with Crippen molar-refractivity contribution in [2.45, 2.75) is 9.79 Å². The second-order valence-electron chi connectivity index (χ2n) is 3.15. The van der Waals surface area contributed by atoms with E-state index in [0.29, 0.717) is 0 Å². The van der Waals surface area contributed by atoms with Gasteiger partial charge in [0.05, 0.1) is 20.2 Å². The molecule has 20 heavy (non-hydrogen) atoms. The molecule has 0 aliphatic carbocycles. The van der Waals surface area contributed by atoms with Gasteiger partial charge in [-0.15, -0.1) is 0 Å². The molecule has 0 fully saturated rings. The topological polar surface area (TPSA) is 114 Å². The SMILES string of the molecule is O=S(=O)([O-])[c-]1cccc1.O=S(=O)([O-])[c-]1cccc1.[Cd+2].[Fe+2]. The molecule has 0 amide bonds. The minimum absolute atomic E-state index is 0. The normalized spacial score (nSPS) is 10.5. The average molecular weight is 457 g/mol. The van der Waals surface area contributed by atoms with Gasteiger partial charge >= 0.3 is 44.4 Å². The monoisotopic (exact) mass is 458 g/mol. The molecule has 0 aliphatic rings. The fourth-order valence-corrected chi connectivity index (χ4v) is 2.03. The maximum Gasteiger partial charge on any atom is 2.00 e. The Morgan fingerprint density at radius 1 is 0.650 bits per heavy atom. The van der Waals surface area contributed by atoms with Crippen LogP contribution in [0.2, 0.25) is 0 Å². The third-order valence-corrected chi connectivity index (χ3v) is 3.54. The molecule has 0 heterocycles. The Morgan fingerprint density at radius 2 is 0.850 bits per heavy atom. The average Bonchev–Trinajstić information content (AvgIpc) is 2.91. The van der Waals surface area contributed by atoms with Crippen LogP contribution in [0.3, 0.4) is 0 Å². The molecule has 2 rings (SSSR count). The van der Waals surface area contributed by atoms with Crippen molar-refractivity contribution in [3.05, 3.63) is 48.5 Å². The van der Waals surface area contributed by atoms with Gasteiger partial charge in [0.25, 0.3) is 0 Å². The summed E-state index contributed by atoms with van der Waals surface area (Å²) in [5.74, 6) is 0. The van der Waals surface area contributed by atoms with Gasteiger partial charge in [0.15, 0.2) is 0 Å². The Balaban J connectivity index is 0. The van der Waals surface area contributed by atoms with Gasteiger partial charge in [-0.3, -0.25) is 16.8 Å². The molecule has 0 atom stereocenters. The molecule has 0 bridgehead atoms. The van der Waals surface area contributed by atoms with Crippen molar-refractivity contribution in [1.82, 2.24) is 0 Å². The minimum atomic E-state index is -4.21. The van der Waals surface area contributed by atoms with E-state index in [0.717, 1.165) is 0 Å². The zero-order valence-corrected chi connectivity index (χ0v) is 16.7. The van der Waals surface area contributed by atoms with Gasteiger partial charge in [-0.1, -0.05) is 9.79 Å². The van der Waals surface area contributed by atoms with Crippen molar-refractivity contribution < 1.29 is 70.3 Å². The second kappa shape index (κ2) is 9.08. The Bertz CT molecular complexity index is 612. The molecule has 0 saturated heterocycles. The van der Waals surface area contributed by atoms with E-state index in [2.05, 4.69) is 0 Å². The maximum absolute atomic E-state index is 10.1. The summed E-state index contributed by atoms with van der Waals surface area (Å²) in [6.45, 7) is 0. The van der Waals surface area contributed by atoms with Gasteiger partial charge in [-0.2, -0.15) is 24.3 Å². The summed E-state index contributed by atoms with van der Waals surface area (Å²) in [7, 11) is -8.42. The summed E-state index contributed by atoms with van der Waals surface area (Å²) in [5, 5.41) is 0. The molecule has 0 radical (unpaired) electrons. The molecule has 2 aromatic rings. The van der Waals surface area contributed by atoms with Crippen LogP contribution in [-0.2, 0) is 64.6 Å². The first kappa shape index (κ1) is 22.2. The van der Waals surface area contributed by atoms with E-state index in [-0.39, 0.29) is 54.2 Å². The zero-order chi connectivity index (χ0) is 13.8. The Kier molecular flexibility index (Phi) is 10.1. The van der Waals surface area contributed by atoms with Gasteiger partial charge < -0.3 is 9.11 Å². The largest absolute Gasteiger partial charge is 2.00 e. The molecule has 6 nitrogen and oxygen atoms in total. The number of hydrogen-bond donors (Lipinski definition) is 0. The van der Waals surface area contributed by atoms with Gasteiger partial charge in [0.1, 0.15) is 0 Å². The fourth-order valence-electron chi connectivity index (χ4n) is 1.05. The van der Waals surface area contributed by atoms with E-state index in [1.165, 1.54) is 48.5 Å². The number of hydrogen-bond acceptors (Lipinski definition) is 6. The third kappa shape index (κ3) is 7.67. The Morgan fingerprint density at radius 3 is 0.950 bits per heavy atom. The Labute approximate surface area is 148 Å². The van der Waals surface area contributed by atoms with Crippen molar-refractivity contribution in [1.29, 1.82) is 0 Å². The van der Waals surface area contributed by atoms with E-state index in [4.69, 9.17) is 0 Å².